The molecule has 2 aromatic carbocycles. The van der Waals surface area contributed by atoms with Crippen LogP contribution in [0, 0.1) is 6.92 Å². The van der Waals surface area contributed by atoms with Gasteiger partial charge in [-0.3, -0.25) is 4.79 Å². The molecular weight excluding hydrogens is 350 g/mol. The topological polar surface area (TPSA) is 63.2 Å². The third kappa shape index (κ3) is 5.10. The maximum Gasteiger partial charge on any atom is 0.253 e. The summed E-state index contributed by atoms with van der Waals surface area (Å²) < 4.78 is 5.36. The predicted octanol–water partition coefficient (Wildman–Crippen LogP) is 3.98. The fourth-order valence-electron chi connectivity index (χ4n) is 2.95. The van der Waals surface area contributed by atoms with E-state index < -0.39 is 0 Å². The first-order chi connectivity index (χ1) is 13.7. The molecule has 0 fully saturated rings. The summed E-state index contributed by atoms with van der Waals surface area (Å²) in [6, 6.07) is 19.6. The third-order valence-corrected chi connectivity index (χ3v) is 4.62. The van der Waals surface area contributed by atoms with Gasteiger partial charge in [0, 0.05) is 19.3 Å². The Morgan fingerprint density at radius 2 is 1.75 bits per heavy atom. The lowest BCUT2D eigenvalue weighted by atomic mass is 10.1. The Kier molecular flexibility index (Phi) is 6.63. The summed E-state index contributed by atoms with van der Waals surface area (Å²) >= 11 is 0. The summed E-state index contributed by atoms with van der Waals surface area (Å²) in [5, 5.41) is 6.22. The summed E-state index contributed by atoms with van der Waals surface area (Å²) in [6.07, 6.45) is 2.42. The Morgan fingerprint density at radius 1 is 1.00 bits per heavy atom. The largest absolute Gasteiger partial charge is 0.496 e. The molecule has 0 unspecified atom stereocenters. The molecule has 0 atom stereocenters. The number of hydrogen-bond donors (Lipinski definition) is 2. The van der Waals surface area contributed by atoms with Crippen molar-refractivity contribution in [3.8, 4) is 5.75 Å². The quantitative estimate of drug-likeness (QED) is 0.625. The molecule has 0 saturated heterocycles. The summed E-state index contributed by atoms with van der Waals surface area (Å²) in [6.45, 7) is 3.27. The van der Waals surface area contributed by atoms with E-state index in [1.807, 2.05) is 55.5 Å². The van der Waals surface area contributed by atoms with Crippen molar-refractivity contribution in [3.63, 3.8) is 0 Å². The van der Waals surface area contributed by atoms with Crippen LogP contribution in [-0.4, -0.2) is 24.5 Å². The molecular formula is C23H25N3O2. The van der Waals surface area contributed by atoms with Crippen molar-refractivity contribution in [3.05, 3.63) is 89.1 Å². The van der Waals surface area contributed by atoms with Crippen LogP contribution in [0.3, 0.4) is 0 Å². The number of nitrogens with zero attached hydrogens (tertiary/aromatic N) is 1. The number of anilines is 1. The molecule has 5 nitrogen and oxygen atoms in total. The lowest BCUT2D eigenvalue weighted by Crippen LogP contribution is -2.23. The molecule has 1 amide bonds. The zero-order chi connectivity index (χ0) is 19.8. The van der Waals surface area contributed by atoms with Gasteiger partial charge in [-0.1, -0.05) is 42.5 Å². The van der Waals surface area contributed by atoms with Crippen molar-refractivity contribution in [1.82, 2.24) is 10.3 Å². The van der Waals surface area contributed by atoms with Crippen molar-refractivity contribution >= 4 is 11.7 Å². The number of nitrogens with one attached hydrogen (secondary N) is 2. The lowest BCUT2D eigenvalue weighted by molar-refractivity contribution is 0.0950. The van der Waals surface area contributed by atoms with Crippen LogP contribution in [0.15, 0.2) is 66.9 Å². The van der Waals surface area contributed by atoms with E-state index in [0.29, 0.717) is 12.1 Å². The Labute approximate surface area is 165 Å². The van der Waals surface area contributed by atoms with E-state index in [1.54, 1.807) is 19.4 Å². The van der Waals surface area contributed by atoms with Gasteiger partial charge < -0.3 is 15.4 Å². The summed E-state index contributed by atoms with van der Waals surface area (Å²) in [4.78, 5) is 16.7. The van der Waals surface area contributed by atoms with Crippen LogP contribution >= 0.6 is 0 Å². The van der Waals surface area contributed by atoms with Crippen molar-refractivity contribution in [1.29, 1.82) is 0 Å². The summed E-state index contributed by atoms with van der Waals surface area (Å²) in [5.74, 6) is 1.50. The van der Waals surface area contributed by atoms with Gasteiger partial charge in [0.2, 0.25) is 0 Å². The molecule has 0 aliphatic rings. The lowest BCUT2D eigenvalue weighted by Gasteiger charge is -2.10. The van der Waals surface area contributed by atoms with E-state index in [4.69, 9.17) is 4.74 Å². The Balaban J connectivity index is 1.50. The first-order valence-electron chi connectivity index (χ1n) is 9.32. The van der Waals surface area contributed by atoms with E-state index in [9.17, 15) is 4.79 Å². The molecule has 144 valence electrons. The summed E-state index contributed by atoms with van der Waals surface area (Å²) in [7, 11) is 1.68. The molecule has 28 heavy (non-hydrogen) atoms. The highest BCUT2D eigenvalue weighted by Gasteiger charge is 2.07. The monoisotopic (exact) mass is 375 g/mol. The van der Waals surface area contributed by atoms with Crippen LogP contribution in [0.1, 0.15) is 27.0 Å². The number of carbonyl (C=O) groups excluding carboxylic acids is 1. The number of para-hydroxylation sites is 1. The molecule has 0 saturated carbocycles. The molecule has 0 radical (unpaired) electrons. The minimum atomic E-state index is -0.128. The normalized spacial score (nSPS) is 10.4. The maximum absolute atomic E-state index is 12.3. The Hall–Kier alpha value is -3.34. The van der Waals surface area contributed by atoms with E-state index in [0.717, 1.165) is 41.2 Å². The van der Waals surface area contributed by atoms with E-state index in [2.05, 4.69) is 21.7 Å². The van der Waals surface area contributed by atoms with Crippen molar-refractivity contribution in [2.24, 2.45) is 0 Å². The van der Waals surface area contributed by atoms with Crippen LogP contribution < -0.4 is 15.4 Å². The van der Waals surface area contributed by atoms with Gasteiger partial charge in [0.1, 0.15) is 11.6 Å². The smallest absolute Gasteiger partial charge is 0.253 e. The molecule has 1 aromatic heterocycles. The van der Waals surface area contributed by atoms with Gasteiger partial charge in [-0.25, -0.2) is 4.98 Å². The Morgan fingerprint density at radius 3 is 2.46 bits per heavy atom. The van der Waals surface area contributed by atoms with Crippen molar-refractivity contribution in [2.45, 2.75) is 19.9 Å². The third-order valence-electron chi connectivity index (χ3n) is 4.62. The number of aromatic nitrogens is 1. The molecule has 0 bridgehead atoms. The van der Waals surface area contributed by atoms with Gasteiger partial charge >= 0.3 is 0 Å². The van der Waals surface area contributed by atoms with Gasteiger partial charge in [-0.2, -0.15) is 0 Å². The molecule has 3 aromatic rings. The summed E-state index contributed by atoms with van der Waals surface area (Å²) in [5.41, 5.74) is 3.96. The van der Waals surface area contributed by atoms with Gasteiger partial charge in [-0.15, -0.1) is 0 Å². The zero-order valence-corrected chi connectivity index (χ0v) is 16.2. The first kappa shape index (κ1) is 19.4. The van der Waals surface area contributed by atoms with Crippen LogP contribution in [0.2, 0.25) is 0 Å². The minimum absolute atomic E-state index is 0.128. The standard InChI is InChI=1S/C23H25N3O2/c1-17-7-3-4-9-19(17)15-26-23(27)20-11-12-22(25-16-20)24-14-13-18-8-5-6-10-21(18)28-2/h3-12,16H,13-15H2,1-2H3,(H,24,25)(H,26,27). The number of hydrogen-bond acceptors (Lipinski definition) is 4. The fourth-order valence-corrected chi connectivity index (χ4v) is 2.95. The number of ether oxygens (including phenoxy) is 1. The van der Waals surface area contributed by atoms with E-state index in [-0.39, 0.29) is 5.91 Å². The van der Waals surface area contributed by atoms with E-state index >= 15 is 0 Å². The SMILES string of the molecule is COc1ccccc1CCNc1ccc(C(=O)NCc2ccccc2C)cn1. The predicted molar refractivity (Wildman–Crippen MR) is 112 cm³/mol. The highest BCUT2D eigenvalue weighted by atomic mass is 16.5. The molecule has 0 aliphatic heterocycles. The number of methoxy groups -OCH3 is 1. The average Bonchev–Trinajstić information content (AvgIpc) is 2.74. The molecule has 2 N–H and O–H groups in total. The molecule has 0 aliphatic carbocycles. The number of amides is 1. The van der Waals surface area contributed by atoms with Crippen LogP contribution in [0.5, 0.6) is 5.75 Å². The van der Waals surface area contributed by atoms with Crippen LogP contribution in [-0.2, 0) is 13.0 Å². The minimum Gasteiger partial charge on any atom is -0.496 e. The molecule has 5 heteroatoms. The highest BCUT2D eigenvalue weighted by molar-refractivity contribution is 5.94. The molecule has 3 rings (SSSR count). The average molecular weight is 375 g/mol. The second-order valence-electron chi connectivity index (χ2n) is 6.53. The van der Waals surface area contributed by atoms with Gasteiger partial charge in [-0.05, 0) is 48.2 Å². The van der Waals surface area contributed by atoms with Gasteiger partial charge in [0.05, 0.1) is 12.7 Å². The van der Waals surface area contributed by atoms with Crippen LogP contribution in [0.4, 0.5) is 5.82 Å². The molecule has 1 heterocycles. The fraction of sp³-hybridized carbons (Fsp3) is 0.217. The number of carbonyl (C=O) groups is 1. The second-order valence-corrected chi connectivity index (χ2v) is 6.53. The highest BCUT2D eigenvalue weighted by Crippen LogP contribution is 2.17. The maximum atomic E-state index is 12.3. The zero-order valence-electron chi connectivity index (χ0n) is 16.2. The number of aryl methyl sites for hydroxylation is 1. The second kappa shape index (κ2) is 9.55. The van der Waals surface area contributed by atoms with Crippen molar-refractivity contribution < 1.29 is 9.53 Å². The van der Waals surface area contributed by atoms with E-state index in [1.165, 1.54) is 0 Å². The number of pyridine rings is 1. The Bertz CT molecular complexity index is 923. The van der Waals surface area contributed by atoms with Crippen molar-refractivity contribution in [2.75, 3.05) is 19.0 Å². The number of benzene rings is 2. The van der Waals surface area contributed by atoms with Gasteiger partial charge in [0.15, 0.2) is 0 Å². The van der Waals surface area contributed by atoms with Gasteiger partial charge in [0.25, 0.3) is 5.91 Å². The molecule has 0 spiro atoms. The first-order valence-corrected chi connectivity index (χ1v) is 9.32. The van der Waals surface area contributed by atoms with Crippen LogP contribution in [0.25, 0.3) is 0 Å². The number of rotatable bonds is 8.